The van der Waals surface area contributed by atoms with Crippen LogP contribution in [0.3, 0.4) is 0 Å². The Morgan fingerprint density at radius 3 is 2.74 bits per heavy atom. The summed E-state index contributed by atoms with van der Waals surface area (Å²) in [6, 6.07) is 0.104. The highest BCUT2D eigenvalue weighted by Crippen LogP contribution is 2.10. The van der Waals surface area contributed by atoms with Gasteiger partial charge in [0, 0.05) is 25.8 Å². The maximum absolute atomic E-state index is 12.0. The van der Waals surface area contributed by atoms with Gasteiger partial charge in [0.05, 0.1) is 5.69 Å². The zero-order valence-electron chi connectivity index (χ0n) is 11.7. The van der Waals surface area contributed by atoms with Crippen LogP contribution in [-0.4, -0.2) is 46.3 Å². The number of nitrogens with two attached hydrogens (primary N) is 1. The highest BCUT2D eigenvalue weighted by Gasteiger charge is 2.18. The number of likely N-dealkylation sites (tertiary alicyclic amines) is 1. The summed E-state index contributed by atoms with van der Waals surface area (Å²) in [7, 11) is 1.75. The lowest BCUT2D eigenvalue weighted by Crippen LogP contribution is -2.43. The second-order valence-electron chi connectivity index (χ2n) is 5.34. The van der Waals surface area contributed by atoms with Crippen molar-refractivity contribution in [1.82, 2.24) is 20.0 Å². The molecule has 2 rings (SSSR count). The van der Waals surface area contributed by atoms with E-state index in [1.54, 1.807) is 17.9 Å². The van der Waals surface area contributed by atoms with E-state index in [1.807, 2.05) is 6.92 Å². The van der Waals surface area contributed by atoms with Crippen LogP contribution in [0.2, 0.25) is 0 Å². The molecule has 1 unspecified atom stereocenters. The largest absolute Gasteiger partial charge is 0.396 e. The molecular weight excluding hydrogens is 242 g/mol. The van der Waals surface area contributed by atoms with E-state index in [1.165, 1.54) is 19.3 Å². The van der Waals surface area contributed by atoms with Gasteiger partial charge in [-0.2, -0.15) is 5.10 Å². The maximum atomic E-state index is 12.0. The number of aryl methyl sites for hydroxylation is 1. The van der Waals surface area contributed by atoms with Gasteiger partial charge in [0.1, 0.15) is 0 Å². The predicted octanol–water partition coefficient (Wildman–Crippen LogP) is 0.607. The summed E-state index contributed by atoms with van der Waals surface area (Å²) in [5, 5.41) is 7.04. The van der Waals surface area contributed by atoms with Gasteiger partial charge in [0.25, 0.3) is 5.91 Å². The normalized spacial score (nSPS) is 18.2. The van der Waals surface area contributed by atoms with E-state index in [0.29, 0.717) is 11.4 Å². The topological polar surface area (TPSA) is 76.2 Å². The fourth-order valence-corrected chi connectivity index (χ4v) is 2.55. The van der Waals surface area contributed by atoms with Gasteiger partial charge in [0.2, 0.25) is 0 Å². The summed E-state index contributed by atoms with van der Waals surface area (Å²) >= 11 is 0. The molecule has 0 aliphatic carbocycles. The Morgan fingerprint density at radius 2 is 2.16 bits per heavy atom. The molecule has 19 heavy (non-hydrogen) atoms. The Bertz CT molecular complexity index is 436. The van der Waals surface area contributed by atoms with Crippen molar-refractivity contribution in [3.8, 4) is 0 Å². The zero-order chi connectivity index (χ0) is 13.8. The summed E-state index contributed by atoms with van der Waals surface area (Å²) in [5.41, 5.74) is 6.48. The molecule has 0 saturated carbocycles. The summed E-state index contributed by atoms with van der Waals surface area (Å²) in [6.45, 7) is 5.17. The summed E-state index contributed by atoms with van der Waals surface area (Å²) in [5.74, 6) is -0.192. The van der Waals surface area contributed by atoms with Gasteiger partial charge < -0.3 is 16.0 Å². The van der Waals surface area contributed by atoms with E-state index in [2.05, 4.69) is 15.3 Å². The van der Waals surface area contributed by atoms with Gasteiger partial charge >= 0.3 is 0 Å². The third-order valence-electron chi connectivity index (χ3n) is 3.43. The average molecular weight is 265 g/mol. The second kappa shape index (κ2) is 6.06. The molecule has 6 heteroatoms. The smallest absolute Gasteiger partial charge is 0.274 e. The minimum absolute atomic E-state index is 0.104. The van der Waals surface area contributed by atoms with Gasteiger partial charge in [-0.3, -0.25) is 9.48 Å². The van der Waals surface area contributed by atoms with Crippen molar-refractivity contribution >= 4 is 11.6 Å². The number of aromatic nitrogens is 2. The van der Waals surface area contributed by atoms with Crippen molar-refractivity contribution in [2.45, 2.75) is 32.2 Å². The fourth-order valence-electron chi connectivity index (χ4n) is 2.55. The van der Waals surface area contributed by atoms with Crippen LogP contribution < -0.4 is 11.1 Å². The van der Waals surface area contributed by atoms with Crippen molar-refractivity contribution < 1.29 is 4.79 Å². The molecular formula is C13H23N5O. The van der Waals surface area contributed by atoms with Gasteiger partial charge in [-0.1, -0.05) is 6.42 Å². The number of hydrogen-bond donors (Lipinski definition) is 2. The number of nitrogens with zero attached hydrogens (tertiary/aromatic N) is 3. The Kier molecular flexibility index (Phi) is 4.42. The zero-order valence-corrected chi connectivity index (χ0v) is 11.7. The SMILES string of the molecule is CC(CN1CCCCC1)NC(=O)c1nn(C)cc1N. The Morgan fingerprint density at radius 1 is 1.47 bits per heavy atom. The highest BCUT2D eigenvalue weighted by atomic mass is 16.2. The van der Waals surface area contributed by atoms with Gasteiger partial charge in [0.15, 0.2) is 5.69 Å². The lowest BCUT2D eigenvalue weighted by atomic mass is 10.1. The van der Waals surface area contributed by atoms with Gasteiger partial charge in [-0.05, 0) is 32.9 Å². The Balaban J connectivity index is 1.86. The van der Waals surface area contributed by atoms with Crippen molar-refractivity contribution in [3.05, 3.63) is 11.9 Å². The monoisotopic (exact) mass is 265 g/mol. The molecule has 1 aliphatic heterocycles. The van der Waals surface area contributed by atoms with Crippen molar-refractivity contribution in [1.29, 1.82) is 0 Å². The Labute approximate surface area is 113 Å². The molecule has 0 bridgehead atoms. The van der Waals surface area contributed by atoms with Crippen LogP contribution in [0.5, 0.6) is 0 Å². The third-order valence-corrected chi connectivity index (χ3v) is 3.43. The molecule has 1 aromatic rings. The molecule has 0 aromatic carbocycles. The van der Waals surface area contributed by atoms with Crippen LogP contribution in [0.25, 0.3) is 0 Å². The molecule has 6 nitrogen and oxygen atoms in total. The second-order valence-corrected chi connectivity index (χ2v) is 5.34. The number of carbonyl (C=O) groups is 1. The lowest BCUT2D eigenvalue weighted by molar-refractivity contribution is 0.0921. The summed E-state index contributed by atoms with van der Waals surface area (Å²) in [4.78, 5) is 14.4. The van der Waals surface area contributed by atoms with Crippen LogP contribution in [0, 0.1) is 0 Å². The molecule has 1 aliphatic rings. The molecule has 1 atom stereocenters. The molecule has 1 saturated heterocycles. The van der Waals surface area contributed by atoms with Crippen LogP contribution in [0.1, 0.15) is 36.7 Å². The van der Waals surface area contributed by atoms with Crippen LogP contribution in [0.4, 0.5) is 5.69 Å². The van der Waals surface area contributed by atoms with Crippen molar-refractivity contribution in [2.75, 3.05) is 25.4 Å². The average Bonchev–Trinajstić information content (AvgIpc) is 2.69. The number of rotatable bonds is 4. The first-order valence-electron chi connectivity index (χ1n) is 6.88. The first-order valence-corrected chi connectivity index (χ1v) is 6.88. The van der Waals surface area contributed by atoms with Gasteiger partial charge in [-0.15, -0.1) is 0 Å². The molecule has 1 amide bonds. The van der Waals surface area contributed by atoms with E-state index in [9.17, 15) is 4.79 Å². The fraction of sp³-hybridized carbons (Fsp3) is 0.692. The first-order chi connectivity index (χ1) is 9.06. The molecule has 3 N–H and O–H groups in total. The minimum atomic E-state index is -0.192. The predicted molar refractivity (Wildman–Crippen MR) is 74.8 cm³/mol. The number of anilines is 1. The number of carbonyl (C=O) groups excluding carboxylic acids is 1. The number of nitrogen functional groups attached to an aromatic ring is 1. The lowest BCUT2D eigenvalue weighted by Gasteiger charge is -2.29. The van der Waals surface area contributed by atoms with Crippen LogP contribution >= 0.6 is 0 Å². The molecule has 2 heterocycles. The quantitative estimate of drug-likeness (QED) is 0.836. The summed E-state index contributed by atoms with van der Waals surface area (Å²) < 4.78 is 1.56. The molecule has 106 valence electrons. The molecule has 0 radical (unpaired) electrons. The third kappa shape index (κ3) is 3.70. The highest BCUT2D eigenvalue weighted by molar-refractivity contribution is 5.97. The standard InChI is InChI=1S/C13H23N5O/c1-10(8-18-6-4-3-5-7-18)15-13(19)12-11(14)9-17(2)16-12/h9-10H,3-8,14H2,1-2H3,(H,15,19). The molecule has 1 fully saturated rings. The molecule has 0 spiro atoms. The Hall–Kier alpha value is -1.56. The number of amides is 1. The van der Waals surface area contributed by atoms with E-state index in [0.717, 1.165) is 19.6 Å². The van der Waals surface area contributed by atoms with E-state index >= 15 is 0 Å². The number of piperidine rings is 1. The van der Waals surface area contributed by atoms with E-state index in [-0.39, 0.29) is 11.9 Å². The van der Waals surface area contributed by atoms with E-state index < -0.39 is 0 Å². The number of nitrogens with one attached hydrogen (secondary N) is 1. The van der Waals surface area contributed by atoms with E-state index in [4.69, 9.17) is 5.73 Å². The van der Waals surface area contributed by atoms with Crippen LogP contribution in [0.15, 0.2) is 6.20 Å². The van der Waals surface area contributed by atoms with Crippen molar-refractivity contribution in [2.24, 2.45) is 7.05 Å². The summed E-state index contributed by atoms with van der Waals surface area (Å²) in [6.07, 6.45) is 5.48. The molecule has 1 aromatic heterocycles. The van der Waals surface area contributed by atoms with Crippen molar-refractivity contribution in [3.63, 3.8) is 0 Å². The van der Waals surface area contributed by atoms with Gasteiger partial charge in [-0.25, -0.2) is 0 Å². The number of hydrogen-bond acceptors (Lipinski definition) is 4. The first kappa shape index (κ1) is 13.9. The minimum Gasteiger partial charge on any atom is -0.396 e. The maximum Gasteiger partial charge on any atom is 0.274 e. The van der Waals surface area contributed by atoms with Crippen LogP contribution in [-0.2, 0) is 7.05 Å².